The lowest BCUT2D eigenvalue weighted by atomic mass is 9.97. The average Bonchev–Trinajstić information content (AvgIpc) is 2.24. The van der Waals surface area contributed by atoms with Crippen LogP contribution in [0, 0.1) is 5.41 Å². The Labute approximate surface area is 76.4 Å². The van der Waals surface area contributed by atoms with Gasteiger partial charge in [0.15, 0.2) is 0 Å². The number of H-pyrrole nitrogens is 1. The molecule has 74 valence electrons. The zero-order valence-corrected chi connectivity index (χ0v) is 8.09. The van der Waals surface area contributed by atoms with Gasteiger partial charge in [0.2, 0.25) is 5.88 Å². The highest BCUT2D eigenvalue weighted by atomic mass is 16.3. The van der Waals surface area contributed by atoms with Crippen molar-refractivity contribution in [1.82, 2.24) is 9.66 Å². The first-order chi connectivity index (χ1) is 5.88. The van der Waals surface area contributed by atoms with Gasteiger partial charge in [-0.05, 0) is 5.41 Å². The molecule has 1 heterocycles. The highest BCUT2D eigenvalue weighted by Gasteiger charge is 2.10. The van der Waals surface area contributed by atoms with E-state index in [0.717, 1.165) is 0 Å². The maximum absolute atomic E-state index is 11.0. The van der Waals surface area contributed by atoms with Gasteiger partial charge < -0.3 is 10.5 Å². The third-order valence-electron chi connectivity index (χ3n) is 1.48. The van der Waals surface area contributed by atoms with Crippen molar-refractivity contribution in [2.45, 2.75) is 20.8 Å². The molecule has 0 amide bonds. The molecule has 1 rings (SSSR count). The van der Waals surface area contributed by atoms with Gasteiger partial charge in [-0.2, -0.15) is 0 Å². The Morgan fingerprint density at radius 1 is 1.62 bits per heavy atom. The molecule has 0 saturated carbocycles. The fraction of sp³-hybridized carbons (Fsp3) is 0.625. The van der Waals surface area contributed by atoms with E-state index in [1.165, 1.54) is 10.9 Å². The molecule has 5 nitrogen and oxygen atoms in total. The quantitative estimate of drug-likeness (QED) is 0.627. The number of aromatic amines is 1. The Hall–Kier alpha value is -1.39. The second-order valence-corrected chi connectivity index (χ2v) is 4.21. The maximum atomic E-state index is 11.0. The molecule has 5 heteroatoms. The normalized spacial score (nSPS) is 11.6. The molecule has 0 bridgehead atoms. The highest BCUT2D eigenvalue weighted by Crippen LogP contribution is 2.10. The van der Waals surface area contributed by atoms with Gasteiger partial charge in [-0.25, -0.2) is 9.47 Å². The number of nitrogens with one attached hydrogen (secondary N) is 2. The van der Waals surface area contributed by atoms with Crippen molar-refractivity contribution in [2.24, 2.45) is 5.41 Å². The molecule has 0 spiro atoms. The van der Waals surface area contributed by atoms with E-state index < -0.39 is 0 Å². The molecule has 0 aliphatic rings. The molecular formula is C8H15N3O2. The van der Waals surface area contributed by atoms with E-state index in [0.29, 0.717) is 6.54 Å². The molecule has 0 saturated heterocycles. The fourth-order valence-corrected chi connectivity index (χ4v) is 0.823. The van der Waals surface area contributed by atoms with Crippen molar-refractivity contribution < 1.29 is 5.11 Å². The number of imidazole rings is 1. The molecule has 0 radical (unpaired) electrons. The Balaban J connectivity index is 2.65. The van der Waals surface area contributed by atoms with Crippen molar-refractivity contribution >= 4 is 0 Å². The molecule has 3 N–H and O–H groups in total. The Kier molecular flexibility index (Phi) is 2.36. The summed E-state index contributed by atoms with van der Waals surface area (Å²) in [5, 5.41) is 8.95. The predicted molar refractivity (Wildman–Crippen MR) is 50.4 cm³/mol. The van der Waals surface area contributed by atoms with Crippen LogP contribution < -0.4 is 11.1 Å². The number of nitrogens with zero attached hydrogens (tertiary/aromatic N) is 1. The lowest BCUT2D eigenvalue weighted by Gasteiger charge is -2.19. The smallest absolute Gasteiger partial charge is 0.346 e. The second-order valence-electron chi connectivity index (χ2n) is 4.21. The molecule has 0 aliphatic heterocycles. The van der Waals surface area contributed by atoms with E-state index >= 15 is 0 Å². The number of aromatic hydroxyl groups is 1. The summed E-state index contributed by atoms with van der Waals surface area (Å²) in [7, 11) is 0. The van der Waals surface area contributed by atoms with Crippen LogP contribution in [0.1, 0.15) is 20.8 Å². The number of rotatable bonds is 2. The first-order valence-corrected chi connectivity index (χ1v) is 4.13. The minimum atomic E-state index is -0.359. The molecule has 0 unspecified atom stereocenters. The van der Waals surface area contributed by atoms with Crippen molar-refractivity contribution in [3.05, 3.63) is 16.7 Å². The number of aromatic nitrogens is 2. The molecule has 0 aliphatic carbocycles. The first-order valence-electron chi connectivity index (χ1n) is 4.13. The van der Waals surface area contributed by atoms with Gasteiger partial charge in [-0.3, -0.25) is 4.98 Å². The van der Waals surface area contributed by atoms with E-state index in [1.54, 1.807) is 0 Å². The first kappa shape index (κ1) is 9.70. The summed E-state index contributed by atoms with van der Waals surface area (Å²) >= 11 is 0. The summed E-state index contributed by atoms with van der Waals surface area (Å²) in [5.41, 5.74) is 2.62. The van der Waals surface area contributed by atoms with Gasteiger partial charge in [-0.15, -0.1) is 0 Å². The van der Waals surface area contributed by atoms with Crippen LogP contribution in [0.2, 0.25) is 0 Å². The molecular weight excluding hydrogens is 170 g/mol. The summed E-state index contributed by atoms with van der Waals surface area (Å²) in [4.78, 5) is 13.3. The van der Waals surface area contributed by atoms with Gasteiger partial charge in [0.05, 0.1) is 6.20 Å². The van der Waals surface area contributed by atoms with E-state index in [1.807, 2.05) is 0 Å². The Morgan fingerprint density at radius 3 is 2.62 bits per heavy atom. The van der Waals surface area contributed by atoms with E-state index in [4.69, 9.17) is 5.11 Å². The third-order valence-corrected chi connectivity index (χ3v) is 1.48. The molecule has 0 fully saturated rings. The van der Waals surface area contributed by atoms with Crippen LogP contribution in [-0.2, 0) is 0 Å². The standard InChI is InChI=1S/C8H15N3O2/c1-8(2,3)5-9-11-4-6(12)10-7(11)13/h4,9,12H,5H2,1-3H3,(H,10,13). The van der Waals surface area contributed by atoms with Crippen molar-refractivity contribution in [3.8, 4) is 5.88 Å². The van der Waals surface area contributed by atoms with E-state index in [-0.39, 0.29) is 17.0 Å². The molecule has 13 heavy (non-hydrogen) atoms. The van der Waals surface area contributed by atoms with E-state index in [9.17, 15) is 4.79 Å². The lowest BCUT2D eigenvalue weighted by molar-refractivity contribution is 0.424. The van der Waals surface area contributed by atoms with Crippen molar-refractivity contribution in [3.63, 3.8) is 0 Å². The predicted octanol–water partition coefficient (Wildman–Crippen LogP) is 0.472. The van der Waals surface area contributed by atoms with Gasteiger partial charge in [0.25, 0.3) is 0 Å². The Morgan fingerprint density at radius 2 is 2.23 bits per heavy atom. The van der Waals surface area contributed by atoms with Gasteiger partial charge >= 0.3 is 5.69 Å². The van der Waals surface area contributed by atoms with Crippen LogP contribution in [-0.4, -0.2) is 21.3 Å². The summed E-state index contributed by atoms with van der Waals surface area (Å²) < 4.78 is 1.24. The van der Waals surface area contributed by atoms with Crippen LogP contribution in [0.15, 0.2) is 11.0 Å². The largest absolute Gasteiger partial charge is 0.493 e. The van der Waals surface area contributed by atoms with Crippen molar-refractivity contribution in [2.75, 3.05) is 12.0 Å². The molecule has 1 aromatic rings. The minimum Gasteiger partial charge on any atom is -0.493 e. The highest BCUT2D eigenvalue weighted by molar-refractivity contribution is 5.02. The van der Waals surface area contributed by atoms with Crippen LogP contribution >= 0.6 is 0 Å². The van der Waals surface area contributed by atoms with Gasteiger partial charge in [0, 0.05) is 6.54 Å². The average molecular weight is 185 g/mol. The second kappa shape index (κ2) is 3.16. The zero-order valence-electron chi connectivity index (χ0n) is 8.09. The summed E-state index contributed by atoms with van der Waals surface area (Å²) in [6.45, 7) is 6.82. The fourth-order valence-electron chi connectivity index (χ4n) is 0.823. The van der Waals surface area contributed by atoms with Crippen LogP contribution in [0.4, 0.5) is 0 Å². The van der Waals surface area contributed by atoms with Crippen LogP contribution in [0.3, 0.4) is 0 Å². The monoisotopic (exact) mass is 185 g/mol. The number of hydrogen-bond acceptors (Lipinski definition) is 3. The topological polar surface area (TPSA) is 70.0 Å². The summed E-state index contributed by atoms with van der Waals surface area (Å²) in [6, 6.07) is 0. The third kappa shape index (κ3) is 2.85. The van der Waals surface area contributed by atoms with Gasteiger partial charge in [0.1, 0.15) is 0 Å². The van der Waals surface area contributed by atoms with Gasteiger partial charge in [-0.1, -0.05) is 20.8 Å². The summed E-state index contributed by atoms with van der Waals surface area (Å²) in [5.74, 6) is -0.133. The maximum Gasteiger partial charge on any atom is 0.346 e. The van der Waals surface area contributed by atoms with E-state index in [2.05, 4.69) is 31.2 Å². The molecule has 0 atom stereocenters. The summed E-state index contributed by atoms with van der Waals surface area (Å²) in [6.07, 6.45) is 1.31. The number of hydrogen-bond donors (Lipinski definition) is 3. The zero-order chi connectivity index (χ0) is 10.1. The van der Waals surface area contributed by atoms with Crippen LogP contribution in [0.25, 0.3) is 0 Å². The molecule has 0 aromatic carbocycles. The molecule has 1 aromatic heterocycles. The van der Waals surface area contributed by atoms with Crippen molar-refractivity contribution in [1.29, 1.82) is 0 Å². The van der Waals surface area contributed by atoms with Crippen LogP contribution in [0.5, 0.6) is 5.88 Å². The Bertz CT molecular complexity index is 332. The lowest BCUT2D eigenvalue weighted by Crippen LogP contribution is -2.32. The SMILES string of the molecule is CC(C)(C)CNn1cc(O)[nH]c1=O. The minimum absolute atomic E-state index is 0.0896.